The summed E-state index contributed by atoms with van der Waals surface area (Å²) in [5.41, 5.74) is 3.54. The van der Waals surface area contributed by atoms with Crippen molar-refractivity contribution in [3.05, 3.63) is 87.5 Å². The molecule has 0 radical (unpaired) electrons. The van der Waals surface area contributed by atoms with E-state index in [1.165, 1.54) is 18.2 Å². The Balaban J connectivity index is 1.52. The maximum atomic E-state index is 12.5. The molecular weight excluding hydrogens is 384 g/mol. The van der Waals surface area contributed by atoms with Crippen molar-refractivity contribution in [2.24, 2.45) is 0 Å². The Bertz CT molecular complexity index is 1290. The number of rotatable bonds is 5. The van der Waals surface area contributed by atoms with Gasteiger partial charge in [-0.15, -0.1) is 0 Å². The van der Waals surface area contributed by atoms with Crippen LogP contribution in [0, 0.1) is 13.8 Å². The maximum absolute atomic E-state index is 12.5. The Labute approximate surface area is 172 Å². The number of hydrogen-bond acceptors (Lipinski definition) is 6. The number of aryl methyl sites for hydroxylation is 1. The number of esters is 1. The highest BCUT2D eigenvalue weighted by atomic mass is 16.5. The Hall–Kier alpha value is -3.87. The fraction of sp³-hybridized carbons (Fsp3) is 0.174. The Morgan fingerprint density at radius 1 is 1.13 bits per heavy atom. The number of benzene rings is 2. The van der Waals surface area contributed by atoms with Crippen molar-refractivity contribution in [1.29, 1.82) is 0 Å². The molecule has 0 amide bonds. The van der Waals surface area contributed by atoms with Crippen molar-refractivity contribution in [2.45, 2.75) is 26.9 Å². The fourth-order valence-electron chi connectivity index (χ4n) is 3.44. The monoisotopic (exact) mass is 404 g/mol. The van der Waals surface area contributed by atoms with Crippen molar-refractivity contribution in [1.82, 2.24) is 9.78 Å². The Kier molecular flexibility index (Phi) is 5.10. The zero-order valence-corrected chi connectivity index (χ0v) is 16.6. The highest BCUT2D eigenvalue weighted by molar-refractivity contribution is 5.81. The van der Waals surface area contributed by atoms with Crippen molar-refractivity contribution >= 4 is 16.9 Å². The SMILES string of the molecule is Cc1nn(-c2ccccc2)c(C)c1CC(=O)OCc1cc(=O)oc2cc(O)ccc12. The van der Waals surface area contributed by atoms with Crippen LogP contribution in [0.3, 0.4) is 0 Å². The van der Waals surface area contributed by atoms with Crippen LogP contribution in [0.1, 0.15) is 22.5 Å². The van der Waals surface area contributed by atoms with Gasteiger partial charge in [0, 0.05) is 34.3 Å². The third-order valence-corrected chi connectivity index (χ3v) is 4.97. The molecule has 0 saturated carbocycles. The number of ether oxygens (including phenoxy) is 1. The summed E-state index contributed by atoms with van der Waals surface area (Å²) in [4.78, 5) is 24.3. The maximum Gasteiger partial charge on any atom is 0.336 e. The van der Waals surface area contributed by atoms with E-state index in [9.17, 15) is 14.7 Å². The van der Waals surface area contributed by atoms with Crippen molar-refractivity contribution in [3.63, 3.8) is 0 Å². The molecule has 0 spiro atoms. The van der Waals surface area contributed by atoms with Gasteiger partial charge in [0.2, 0.25) is 0 Å². The molecule has 0 saturated heterocycles. The molecule has 7 nitrogen and oxygen atoms in total. The standard InChI is InChI=1S/C23H20N2O5/c1-14-20(15(2)25(24-14)17-6-4-3-5-7-17)12-22(27)29-13-16-10-23(28)30-21-11-18(26)8-9-19(16)21/h3-11,26H,12-13H2,1-2H3. The molecule has 0 unspecified atom stereocenters. The highest BCUT2D eigenvalue weighted by Gasteiger charge is 2.17. The van der Waals surface area contributed by atoms with Gasteiger partial charge in [0.1, 0.15) is 17.9 Å². The minimum Gasteiger partial charge on any atom is -0.508 e. The molecule has 7 heteroatoms. The van der Waals surface area contributed by atoms with Crippen LogP contribution in [0.5, 0.6) is 5.75 Å². The van der Waals surface area contributed by atoms with E-state index in [-0.39, 0.29) is 24.4 Å². The number of aromatic hydroxyl groups is 1. The average Bonchev–Trinajstić information content (AvgIpc) is 3.00. The van der Waals surface area contributed by atoms with Crippen LogP contribution in [-0.2, 0) is 22.6 Å². The lowest BCUT2D eigenvalue weighted by atomic mass is 10.1. The van der Waals surface area contributed by atoms with Gasteiger partial charge in [0.05, 0.1) is 17.8 Å². The number of hydrogen-bond donors (Lipinski definition) is 1. The molecular formula is C23H20N2O5. The second-order valence-corrected chi connectivity index (χ2v) is 7.01. The van der Waals surface area contributed by atoms with Gasteiger partial charge in [-0.2, -0.15) is 5.10 Å². The van der Waals surface area contributed by atoms with E-state index in [1.807, 2.05) is 44.2 Å². The topological polar surface area (TPSA) is 94.6 Å². The molecule has 1 N–H and O–H groups in total. The first-order chi connectivity index (χ1) is 14.4. The summed E-state index contributed by atoms with van der Waals surface area (Å²) in [5, 5.41) is 14.7. The minimum atomic E-state index is -0.574. The summed E-state index contributed by atoms with van der Waals surface area (Å²) < 4.78 is 12.3. The van der Waals surface area contributed by atoms with E-state index < -0.39 is 11.6 Å². The zero-order chi connectivity index (χ0) is 21.3. The molecule has 2 aromatic heterocycles. The van der Waals surface area contributed by atoms with Gasteiger partial charge >= 0.3 is 11.6 Å². The van der Waals surface area contributed by atoms with Crippen LogP contribution >= 0.6 is 0 Å². The highest BCUT2D eigenvalue weighted by Crippen LogP contribution is 2.23. The van der Waals surface area contributed by atoms with Gasteiger partial charge in [-0.05, 0) is 38.1 Å². The van der Waals surface area contributed by atoms with E-state index >= 15 is 0 Å². The van der Waals surface area contributed by atoms with Gasteiger partial charge in [0.15, 0.2) is 0 Å². The summed E-state index contributed by atoms with van der Waals surface area (Å²) in [6.45, 7) is 3.70. The first-order valence-corrected chi connectivity index (χ1v) is 9.44. The molecule has 2 heterocycles. The largest absolute Gasteiger partial charge is 0.508 e. The second-order valence-electron chi connectivity index (χ2n) is 7.01. The molecule has 30 heavy (non-hydrogen) atoms. The van der Waals surface area contributed by atoms with Gasteiger partial charge in [-0.1, -0.05) is 18.2 Å². The summed E-state index contributed by atoms with van der Waals surface area (Å²) in [5.74, 6) is -0.435. The van der Waals surface area contributed by atoms with Gasteiger partial charge in [-0.25, -0.2) is 9.48 Å². The summed E-state index contributed by atoms with van der Waals surface area (Å²) in [6.07, 6.45) is 0.0741. The lowest BCUT2D eigenvalue weighted by molar-refractivity contribution is -0.144. The smallest absolute Gasteiger partial charge is 0.336 e. The molecule has 0 fully saturated rings. The molecule has 152 valence electrons. The molecule has 0 bridgehead atoms. The number of para-hydroxylation sites is 1. The number of carbonyl (C=O) groups excluding carboxylic acids is 1. The van der Waals surface area contributed by atoms with Gasteiger partial charge < -0.3 is 14.3 Å². The number of phenols is 1. The number of nitrogens with zero attached hydrogens (tertiary/aromatic N) is 2. The molecule has 4 aromatic rings. The molecule has 0 aliphatic carbocycles. The zero-order valence-electron chi connectivity index (χ0n) is 16.6. The van der Waals surface area contributed by atoms with Crippen molar-refractivity contribution in [2.75, 3.05) is 0 Å². The molecule has 0 aliphatic heterocycles. The quantitative estimate of drug-likeness (QED) is 0.404. The van der Waals surface area contributed by atoms with Crippen LogP contribution in [0.4, 0.5) is 0 Å². The summed E-state index contributed by atoms with van der Waals surface area (Å²) in [6, 6.07) is 15.4. The lowest BCUT2D eigenvalue weighted by Crippen LogP contribution is -2.11. The molecule has 0 aliphatic rings. The van der Waals surface area contributed by atoms with Crippen LogP contribution in [0.25, 0.3) is 16.7 Å². The summed E-state index contributed by atoms with van der Waals surface area (Å²) in [7, 11) is 0. The normalized spacial score (nSPS) is 11.0. The number of phenolic OH excluding ortho intramolecular Hbond substituents is 1. The molecule has 0 atom stereocenters. The van der Waals surface area contributed by atoms with Crippen molar-refractivity contribution in [3.8, 4) is 11.4 Å². The van der Waals surface area contributed by atoms with E-state index in [1.54, 1.807) is 10.7 Å². The van der Waals surface area contributed by atoms with Crippen LogP contribution in [-0.4, -0.2) is 20.9 Å². The van der Waals surface area contributed by atoms with Gasteiger partial charge in [-0.3, -0.25) is 4.79 Å². The predicted octanol–water partition coefficient (Wildman–Crippen LogP) is 3.59. The van der Waals surface area contributed by atoms with E-state index in [4.69, 9.17) is 9.15 Å². The third kappa shape index (κ3) is 3.82. The number of carbonyl (C=O) groups is 1. The first kappa shape index (κ1) is 19.4. The fourth-order valence-corrected chi connectivity index (χ4v) is 3.44. The second kappa shape index (κ2) is 7.87. The van der Waals surface area contributed by atoms with Gasteiger partial charge in [0.25, 0.3) is 0 Å². The number of fused-ring (bicyclic) bond motifs is 1. The third-order valence-electron chi connectivity index (χ3n) is 4.97. The van der Waals surface area contributed by atoms with E-state index in [0.29, 0.717) is 10.9 Å². The average molecular weight is 404 g/mol. The van der Waals surface area contributed by atoms with Crippen LogP contribution < -0.4 is 5.63 Å². The Morgan fingerprint density at radius 3 is 2.67 bits per heavy atom. The van der Waals surface area contributed by atoms with Crippen LogP contribution in [0.15, 0.2) is 63.8 Å². The lowest BCUT2D eigenvalue weighted by Gasteiger charge is -2.08. The van der Waals surface area contributed by atoms with Crippen LogP contribution in [0.2, 0.25) is 0 Å². The summed E-state index contributed by atoms with van der Waals surface area (Å²) >= 11 is 0. The predicted molar refractivity (Wildman–Crippen MR) is 111 cm³/mol. The van der Waals surface area contributed by atoms with E-state index in [2.05, 4.69) is 5.10 Å². The van der Waals surface area contributed by atoms with Crippen molar-refractivity contribution < 1.29 is 19.1 Å². The molecule has 2 aromatic carbocycles. The minimum absolute atomic E-state index is 0.0128. The Morgan fingerprint density at radius 2 is 1.90 bits per heavy atom. The first-order valence-electron chi connectivity index (χ1n) is 9.44. The number of aromatic nitrogens is 2. The molecule has 4 rings (SSSR count). The van der Waals surface area contributed by atoms with E-state index in [0.717, 1.165) is 22.6 Å².